The number of pyridine rings is 1. The summed E-state index contributed by atoms with van der Waals surface area (Å²) in [4.78, 5) is 25.4. The lowest BCUT2D eigenvalue weighted by Gasteiger charge is -2.17. The molecule has 0 saturated heterocycles. The van der Waals surface area contributed by atoms with Gasteiger partial charge in [0.05, 0.1) is 22.5 Å². The molecule has 156 valence electrons. The highest BCUT2D eigenvalue weighted by Gasteiger charge is 2.31. The maximum absolute atomic E-state index is 12.6. The summed E-state index contributed by atoms with van der Waals surface area (Å²) in [6.45, 7) is 1.67. The highest BCUT2D eigenvalue weighted by molar-refractivity contribution is 9.10. The Labute approximate surface area is 182 Å². The molecule has 30 heavy (non-hydrogen) atoms. The molecule has 3 rings (SSSR count). The Hall–Kier alpha value is -2.72. The van der Waals surface area contributed by atoms with Crippen LogP contribution in [0.5, 0.6) is 5.75 Å². The molecule has 1 amide bonds. The first-order chi connectivity index (χ1) is 14.1. The summed E-state index contributed by atoms with van der Waals surface area (Å²) in [5, 5.41) is 3.15. The number of halogens is 5. The van der Waals surface area contributed by atoms with E-state index < -0.39 is 24.1 Å². The van der Waals surface area contributed by atoms with Crippen LogP contribution in [0.3, 0.4) is 0 Å². The van der Waals surface area contributed by atoms with Crippen LogP contribution in [-0.2, 0) is 0 Å². The number of hydrogen-bond acceptors (Lipinski definition) is 5. The number of nitrogens with one attached hydrogen (secondary N) is 1. The fourth-order valence-corrected chi connectivity index (χ4v) is 3.20. The largest absolute Gasteiger partial charge is 0.573 e. The molecule has 0 radical (unpaired) electrons. The third-order valence-corrected chi connectivity index (χ3v) is 4.50. The third-order valence-electron chi connectivity index (χ3n) is 3.82. The lowest BCUT2D eigenvalue weighted by Crippen LogP contribution is -2.28. The van der Waals surface area contributed by atoms with Crippen molar-refractivity contribution in [3.8, 4) is 17.1 Å². The molecule has 0 aliphatic heterocycles. The number of rotatable bonds is 5. The molecule has 0 aliphatic rings. The lowest BCUT2D eigenvalue weighted by atomic mass is 10.1. The van der Waals surface area contributed by atoms with E-state index in [1.54, 1.807) is 19.1 Å². The van der Waals surface area contributed by atoms with E-state index >= 15 is 0 Å². The molecular weight excluding hydrogens is 489 g/mol. The van der Waals surface area contributed by atoms with E-state index in [0.717, 1.165) is 12.1 Å². The van der Waals surface area contributed by atoms with Crippen molar-refractivity contribution in [2.75, 3.05) is 0 Å². The highest BCUT2D eigenvalue weighted by Crippen LogP contribution is 2.28. The molecule has 2 heterocycles. The topological polar surface area (TPSA) is 77.0 Å². The Kier molecular flexibility index (Phi) is 6.57. The SMILES string of the molecule is CC(NC(=O)c1cc(Br)cc(OC(F)(F)F)c1)c1nccnc1-c1ccc(Cl)cn1. The van der Waals surface area contributed by atoms with Gasteiger partial charge in [0.2, 0.25) is 0 Å². The van der Waals surface area contributed by atoms with Crippen LogP contribution in [0.4, 0.5) is 13.2 Å². The minimum atomic E-state index is -4.87. The van der Waals surface area contributed by atoms with Crippen LogP contribution < -0.4 is 10.1 Å². The summed E-state index contributed by atoms with van der Waals surface area (Å²) >= 11 is 8.94. The number of carbonyl (C=O) groups is 1. The maximum Gasteiger partial charge on any atom is 0.573 e. The zero-order valence-corrected chi connectivity index (χ0v) is 17.6. The first-order valence-electron chi connectivity index (χ1n) is 8.42. The van der Waals surface area contributed by atoms with Crippen LogP contribution in [0.25, 0.3) is 11.4 Å². The summed E-state index contributed by atoms with van der Waals surface area (Å²) in [7, 11) is 0. The smallest absolute Gasteiger partial charge is 0.406 e. The number of carbonyl (C=O) groups excluding carboxylic acids is 1. The fourth-order valence-electron chi connectivity index (χ4n) is 2.61. The predicted octanol–water partition coefficient (Wildman–Crippen LogP) is 5.34. The van der Waals surface area contributed by atoms with Gasteiger partial charge in [0.25, 0.3) is 5.91 Å². The Morgan fingerprint density at radius 1 is 1.17 bits per heavy atom. The van der Waals surface area contributed by atoms with E-state index in [0.29, 0.717) is 22.1 Å². The van der Waals surface area contributed by atoms with Crippen molar-refractivity contribution in [3.63, 3.8) is 0 Å². The van der Waals surface area contributed by atoms with Crippen molar-refractivity contribution in [2.45, 2.75) is 19.3 Å². The maximum atomic E-state index is 12.6. The number of alkyl halides is 3. The van der Waals surface area contributed by atoms with E-state index in [4.69, 9.17) is 11.6 Å². The zero-order chi connectivity index (χ0) is 21.9. The monoisotopic (exact) mass is 500 g/mol. The molecular formula is C19H13BrClF3N4O2. The van der Waals surface area contributed by atoms with Crippen molar-refractivity contribution in [2.24, 2.45) is 0 Å². The van der Waals surface area contributed by atoms with E-state index in [1.165, 1.54) is 24.7 Å². The van der Waals surface area contributed by atoms with Crippen molar-refractivity contribution in [1.29, 1.82) is 0 Å². The van der Waals surface area contributed by atoms with Crippen molar-refractivity contribution in [3.05, 3.63) is 69.7 Å². The summed E-state index contributed by atoms with van der Waals surface area (Å²) in [6.07, 6.45) is -0.464. The lowest BCUT2D eigenvalue weighted by molar-refractivity contribution is -0.274. The molecule has 0 spiro atoms. The average molecular weight is 502 g/mol. The molecule has 2 aromatic heterocycles. The zero-order valence-electron chi connectivity index (χ0n) is 15.2. The first kappa shape index (κ1) is 22.0. The van der Waals surface area contributed by atoms with Gasteiger partial charge in [-0.15, -0.1) is 13.2 Å². The Morgan fingerprint density at radius 2 is 1.90 bits per heavy atom. The van der Waals surface area contributed by atoms with Crippen LogP contribution >= 0.6 is 27.5 Å². The molecule has 0 bridgehead atoms. The highest BCUT2D eigenvalue weighted by atomic mass is 79.9. The molecule has 3 aromatic rings. The van der Waals surface area contributed by atoms with E-state index in [1.807, 2.05) is 0 Å². The van der Waals surface area contributed by atoms with Gasteiger partial charge in [0, 0.05) is 28.6 Å². The van der Waals surface area contributed by atoms with Gasteiger partial charge in [-0.25, -0.2) is 0 Å². The van der Waals surface area contributed by atoms with Crippen LogP contribution in [0.15, 0.2) is 53.4 Å². The van der Waals surface area contributed by atoms with Crippen molar-refractivity contribution >= 4 is 33.4 Å². The molecule has 1 aromatic carbocycles. The number of amides is 1. The second kappa shape index (κ2) is 8.97. The van der Waals surface area contributed by atoms with Gasteiger partial charge in [0.15, 0.2) is 0 Å². The minimum absolute atomic E-state index is 0.0227. The van der Waals surface area contributed by atoms with E-state index in [2.05, 4.69) is 40.9 Å². The number of ether oxygens (including phenoxy) is 1. The average Bonchev–Trinajstić information content (AvgIpc) is 2.66. The number of aromatic nitrogens is 3. The molecule has 0 fully saturated rings. The van der Waals surface area contributed by atoms with Gasteiger partial charge in [-0.3, -0.25) is 19.7 Å². The Bertz CT molecular complexity index is 1060. The summed E-state index contributed by atoms with van der Waals surface area (Å²) in [6, 6.07) is 6.18. The molecule has 0 aliphatic carbocycles. The van der Waals surface area contributed by atoms with Gasteiger partial charge in [-0.1, -0.05) is 27.5 Å². The number of benzene rings is 1. The van der Waals surface area contributed by atoms with Crippen LogP contribution in [0.2, 0.25) is 5.02 Å². The molecule has 1 unspecified atom stereocenters. The number of nitrogens with zero attached hydrogens (tertiary/aromatic N) is 3. The first-order valence-corrected chi connectivity index (χ1v) is 9.59. The van der Waals surface area contributed by atoms with Crippen LogP contribution in [0, 0.1) is 0 Å². The fraction of sp³-hybridized carbons (Fsp3) is 0.158. The van der Waals surface area contributed by atoms with Gasteiger partial charge < -0.3 is 10.1 Å². The normalized spacial score (nSPS) is 12.3. The Balaban J connectivity index is 1.84. The molecule has 6 nitrogen and oxygen atoms in total. The van der Waals surface area contributed by atoms with Gasteiger partial charge in [-0.2, -0.15) is 0 Å². The van der Waals surface area contributed by atoms with Crippen LogP contribution in [-0.4, -0.2) is 27.2 Å². The van der Waals surface area contributed by atoms with Crippen molar-refractivity contribution in [1.82, 2.24) is 20.3 Å². The quantitative estimate of drug-likeness (QED) is 0.510. The molecule has 1 atom stereocenters. The summed E-state index contributed by atoms with van der Waals surface area (Å²) < 4.78 is 41.7. The second-order valence-corrected chi connectivity index (χ2v) is 7.42. The van der Waals surface area contributed by atoms with Gasteiger partial charge in [0.1, 0.15) is 11.4 Å². The van der Waals surface area contributed by atoms with Gasteiger partial charge in [-0.05, 0) is 37.3 Å². The van der Waals surface area contributed by atoms with Crippen LogP contribution in [0.1, 0.15) is 29.0 Å². The standard InChI is InChI=1S/C19H13BrClF3N4O2/c1-10(16-17(26-5-4-25-16)15-3-2-13(21)9-27-15)28-18(29)11-6-12(20)8-14(7-11)30-19(22,23)24/h2-10H,1H3,(H,28,29). The van der Waals surface area contributed by atoms with E-state index in [-0.39, 0.29) is 10.0 Å². The van der Waals surface area contributed by atoms with Gasteiger partial charge >= 0.3 is 6.36 Å². The predicted molar refractivity (Wildman–Crippen MR) is 107 cm³/mol. The number of hydrogen-bond donors (Lipinski definition) is 1. The summed E-state index contributed by atoms with van der Waals surface area (Å²) in [5.41, 5.74) is 1.36. The summed E-state index contributed by atoms with van der Waals surface area (Å²) in [5.74, 6) is -1.13. The molecule has 1 N–H and O–H groups in total. The minimum Gasteiger partial charge on any atom is -0.406 e. The third kappa shape index (κ3) is 5.67. The molecule has 0 saturated carbocycles. The Morgan fingerprint density at radius 3 is 2.57 bits per heavy atom. The van der Waals surface area contributed by atoms with Crippen molar-refractivity contribution < 1.29 is 22.7 Å². The van der Waals surface area contributed by atoms with E-state index in [9.17, 15) is 18.0 Å². The molecule has 11 heteroatoms. The second-order valence-electron chi connectivity index (χ2n) is 6.07.